The van der Waals surface area contributed by atoms with Gasteiger partial charge in [0.25, 0.3) is 0 Å². The van der Waals surface area contributed by atoms with Crippen molar-refractivity contribution in [2.24, 2.45) is 5.84 Å². The topological polar surface area (TPSA) is 38.0 Å². The first-order valence-electron chi connectivity index (χ1n) is 5.70. The molecule has 0 amide bonds. The minimum absolute atomic E-state index is 0.351. The average molecular weight is 299 g/mol. The molecule has 0 aliphatic carbocycles. The van der Waals surface area contributed by atoms with E-state index in [-0.39, 0.29) is 0 Å². The zero-order chi connectivity index (χ0) is 14.0. The Kier molecular flexibility index (Phi) is 4.42. The molecule has 5 heteroatoms. The maximum absolute atomic E-state index is 13.9. The van der Waals surface area contributed by atoms with Crippen molar-refractivity contribution in [3.63, 3.8) is 0 Å². The van der Waals surface area contributed by atoms with Crippen molar-refractivity contribution in [3.8, 4) is 0 Å². The third-order valence-corrected chi connectivity index (χ3v) is 3.61. The zero-order valence-corrected chi connectivity index (χ0v) is 11.8. The van der Waals surface area contributed by atoms with E-state index in [0.29, 0.717) is 15.6 Å². The molecular formula is C14H13Cl2FN2. The number of nitrogens with one attached hydrogen (secondary N) is 1. The van der Waals surface area contributed by atoms with Crippen molar-refractivity contribution in [2.75, 3.05) is 0 Å². The lowest BCUT2D eigenvalue weighted by Crippen LogP contribution is -2.29. The first kappa shape index (κ1) is 14.3. The van der Waals surface area contributed by atoms with Gasteiger partial charge in [0.2, 0.25) is 0 Å². The Balaban J connectivity index is 2.46. The predicted molar refractivity (Wildman–Crippen MR) is 76.8 cm³/mol. The molecule has 1 atom stereocenters. The van der Waals surface area contributed by atoms with Gasteiger partial charge >= 0.3 is 0 Å². The molecule has 100 valence electrons. The summed E-state index contributed by atoms with van der Waals surface area (Å²) in [5.41, 5.74) is 4.80. The molecule has 0 saturated heterocycles. The molecule has 0 spiro atoms. The number of hydrogen-bond donors (Lipinski definition) is 2. The van der Waals surface area contributed by atoms with Crippen LogP contribution in [0.25, 0.3) is 0 Å². The van der Waals surface area contributed by atoms with Gasteiger partial charge in [0, 0.05) is 15.6 Å². The second-order valence-electron chi connectivity index (χ2n) is 4.27. The number of benzene rings is 2. The van der Waals surface area contributed by atoms with Gasteiger partial charge in [-0.1, -0.05) is 41.4 Å². The Hall–Kier alpha value is -1.13. The van der Waals surface area contributed by atoms with E-state index in [1.807, 2.05) is 19.1 Å². The monoisotopic (exact) mass is 298 g/mol. The smallest absolute Gasteiger partial charge is 0.129 e. The van der Waals surface area contributed by atoms with E-state index in [4.69, 9.17) is 29.0 Å². The van der Waals surface area contributed by atoms with Gasteiger partial charge in [-0.25, -0.2) is 9.82 Å². The molecule has 0 bridgehead atoms. The number of hydrazine groups is 1. The highest BCUT2D eigenvalue weighted by atomic mass is 35.5. The summed E-state index contributed by atoms with van der Waals surface area (Å²) in [5, 5.41) is 1.01. The summed E-state index contributed by atoms with van der Waals surface area (Å²) in [6.45, 7) is 1.89. The average Bonchev–Trinajstić information content (AvgIpc) is 2.37. The molecule has 0 saturated carbocycles. The highest BCUT2D eigenvalue weighted by Gasteiger charge is 2.17. The second-order valence-corrected chi connectivity index (χ2v) is 5.12. The normalized spacial score (nSPS) is 12.5. The molecule has 0 aliphatic heterocycles. The summed E-state index contributed by atoms with van der Waals surface area (Å²) in [6.07, 6.45) is 0. The third kappa shape index (κ3) is 3.07. The summed E-state index contributed by atoms with van der Waals surface area (Å²) in [7, 11) is 0. The summed E-state index contributed by atoms with van der Waals surface area (Å²) < 4.78 is 13.9. The van der Waals surface area contributed by atoms with E-state index in [1.54, 1.807) is 18.2 Å². The van der Waals surface area contributed by atoms with E-state index in [9.17, 15) is 4.39 Å². The van der Waals surface area contributed by atoms with Crippen LogP contribution in [-0.2, 0) is 0 Å². The quantitative estimate of drug-likeness (QED) is 0.664. The van der Waals surface area contributed by atoms with Gasteiger partial charge in [0.15, 0.2) is 0 Å². The van der Waals surface area contributed by atoms with Crippen LogP contribution in [0.5, 0.6) is 0 Å². The van der Waals surface area contributed by atoms with Crippen LogP contribution in [0.4, 0.5) is 4.39 Å². The number of hydrogen-bond acceptors (Lipinski definition) is 2. The van der Waals surface area contributed by atoms with Crippen LogP contribution >= 0.6 is 23.2 Å². The van der Waals surface area contributed by atoms with Gasteiger partial charge in [0.05, 0.1) is 6.04 Å². The molecule has 0 heterocycles. The SMILES string of the molecule is Cc1cc(C(NN)c2ccc(Cl)cc2F)ccc1Cl. The fourth-order valence-corrected chi connectivity index (χ4v) is 2.22. The summed E-state index contributed by atoms with van der Waals surface area (Å²) in [6, 6.07) is 9.52. The molecule has 2 aromatic rings. The molecule has 1 unspecified atom stereocenters. The van der Waals surface area contributed by atoms with Crippen LogP contribution < -0.4 is 11.3 Å². The Morgan fingerprint density at radius 2 is 1.89 bits per heavy atom. The lowest BCUT2D eigenvalue weighted by atomic mass is 9.97. The van der Waals surface area contributed by atoms with Crippen LogP contribution in [0.2, 0.25) is 10.0 Å². The van der Waals surface area contributed by atoms with E-state index < -0.39 is 11.9 Å². The van der Waals surface area contributed by atoms with E-state index in [1.165, 1.54) is 6.07 Å². The Bertz CT molecular complexity index is 602. The van der Waals surface area contributed by atoms with E-state index in [0.717, 1.165) is 11.1 Å². The Morgan fingerprint density at radius 3 is 2.47 bits per heavy atom. The number of nitrogens with two attached hydrogens (primary N) is 1. The molecule has 0 aromatic heterocycles. The summed E-state index contributed by atoms with van der Waals surface area (Å²) in [4.78, 5) is 0. The molecule has 3 N–H and O–H groups in total. The van der Waals surface area contributed by atoms with Crippen molar-refractivity contribution in [1.29, 1.82) is 0 Å². The molecule has 19 heavy (non-hydrogen) atoms. The molecule has 0 aliphatic rings. The minimum Gasteiger partial charge on any atom is -0.271 e. The van der Waals surface area contributed by atoms with Gasteiger partial charge in [-0.05, 0) is 36.2 Å². The standard InChI is InChI=1S/C14H13Cl2FN2/c1-8-6-9(2-5-12(8)16)14(19-18)11-4-3-10(15)7-13(11)17/h2-7,14,19H,18H2,1H3. The molecule has 2 aromatic carbocycles. The van der Waals surface area contributed by atoms with Gasteiger partial charge < -0.3 is 0 Å². The van der Waals surface area contributed by atoms with Crippen LogP contribution in [0.15, 0.2) is 36.4 Å². The maximum Gasteiger partial charge on any atom is 0.129 e. The van der Waals surface area contributed by atoms with Crippen LogP contribution in [0.1, 0.15) is 22.7 Å². The van der Waals surface area contributed by atoms with Gasteiger partial charge in [-0.15, -0.1) is 0 Å². The molecule has 2 rings (SSSR count). The molecule has 0 fully saturated rings. The fraction of sp³-hybridized carbons (Fsp3) is 0.143. The van der Waals surface area contributed by atoms with E-state index >= 15 is 0 Å². The highest BCUT2D eigenvalue weighted by Crippen LogP contribution is 2.28. The Labute approximate surface area is 121 Å². The van der Waals surface area contributed by atoms with Crippen molar-refractivity contribution < 1.29 is 4.39 Å². The number of rotatable bonds is 3. The zero-order valence-electron chi connectivity index (χ0n) is 10.3. The van der Waals surface area contributed by atoms with Crippen LogP contribution in [0.3, 0.4) is 0 Å². The van der Waals surface area contributed by atoms with Crippen molar-refractivity contribution in [1.82, 2.24) is 5.43 Å². The predicted octanol–water partition coefficient (Wildman–Crippen LogP) is 3.99. The van der Waals surface area contributed by atoms with E-state index in [2.05, 4.69) is 5.43 Å². The number of aryl methyl sites for hydroxylation is 1. The number of halogens is 3. The minimum atomic E-state index is -0.451. The first-order chi connectivity index (χ1) is 9.02. The maximum atomic E-state index is 13.9. The lowest BCUT2D eigenvalue weighted by Gasteiger charge is -2.18. The Morgan fingerprint density at radius 1 is 1.16 bits per heavy atom. The molecule has 2 nitrogen and oxygen atoms in total. The fourth-order valence-electron chi connectivity index (χ4n) is 1.95. The molecular weight excluding hydrogens is 286 g/mol. The second kappa shape index (κ2) is 5.88. The summed E-state index contributed by atoms with van der Waals surface area (Å²) in [5.74, 6) is 5.15. The van der Waals surface area contributed by atoms with Crippen LogP contribution in [0, 0.1) is 12.7 Å². The third-order valence-electron chi connectivity index (χ3n) is 2.96. The van der Waals surface area contributed by atoms with Gasteiger partial charge in [-0.3, -0.25) is 5.84 Å². The van der Waals surface area contributed by atoms with Crippen molar-refractivity contribution >= 4 is 23.2 Å². The molecule has 0 radical (unpaired) electrons. The highest BCUT2D eigenvalue weighted by molar-refractivity contribution is 6.31. The van der Waals surface area contributed by atoms with Crippen LogP contribution in [-0.4, -0.2) is 0 Å². The lowest BCUT2D eigenvalue weighted by molar-refractivity contribution is 0.560. The van der Waals surface area contributed by atoms with Gasteiger partial charge in [-0.2, -0.15) is 0 Å². The van der Waals surface area contributed by atoms with Crippen molar-refractivity contribution in [3.05, 3.63) is 69.0 Å². The summed E-state index contributed by atoms with van der Waals surface area (Å²) >= 11 is 11.7. The van der Waals surface area contributed by atoms with Crippen molar-refractivity contribution in [2.45, 2.75) is 13.0 Å². The van der Waals surface area contributed by atoms with Gasteiger partial charge in [0.1, 0.15) is 5.82 Å². The largest absolute Gasteiger partial charge is 0.271 e. The first-order valence-corrected chi connectivity index (χ1v) is 6.45.